The van der Waals surface area contributed by atoms with Crippen LogP contribution in [-0.4, -0.2) is 9.67 Å². The zero-order chi connectivity index (χ0) is 14.4. The van der Waals surface area contributed by atoms with Gasteiger partial charge in [0.1, 0.15) is 0 Å². The van der Waals surface area contributed by atoms with Crippen molar-refractivity contribution in [2.45, 2.75) is 39.1 Å². The standard InChI is InChI=1S/C14H16F3NO/c1-4-18-8-11(13(2,3)19)9-6-5-7-10(12(9)18)14(15,16)17/h5-8,19H,4H2,1-3H3. The van der Waals surface area contributed by atoms with Crippen molar-refractivity contribution in [2.24, 2.45) is 0 Å². The summed E-state index contributed by atoms with van der Waals surface area (Å²) in [5, 5.41) is 10.5. The van der Waals surface area contributed by atoms with Gasteiger partial charge in [0, 0.05) is 23.7 Å². The highest BCUT2D eigenvalue weighted by Crippen LogP contribution is 2.38. The first-order valence-corrected chi connectivity index (χ1v) is 6.08. The summed E-state index contributed by atoms with van der Waals surface area (Å²) >= 11 is 0. The fraction of sp³-hybridized carbons (Fsp3) is 0.429. The Morgan fingerprint density at radius 3 is 2.26 bits per heavy atom. The lowest BCUT2D eigenvalue weighted by atomic mass is 9.97. The average Bonchev–Trinajstić information content (AvgIpc) is 2.65. The van der Waals surface area contributed by atoms with Crippen molar-refractivity contribution in [1.29, 1.82) is 0 Å². The number of para-hydroxylation sites is 1. The molecule has 5 heteroatoms. The molecular weight excluding hydrogens is 255 g/mol. The van der Waals surface area contributed by atoms with Gasteiger partial charge in [-0.1, -0.05) is 12.1 Å². The topological polar surface area (TPSA) is 25.2 Å². The molecule has 0 spiro atoms. The summed E-state index contributed by atoms with van der Waals surface area (Å²) in [7, 11) is 0. The molecule has 0 amide bonds. The van der Waals surface area contributed by atoms with Crippen LogP contribution < -0.4 is 0 Å². The van der Waals surface area contributed by atoms with Crippen LogP contribution in [-0.2, 0) is 18.3 Å². The first-order valence-electron chi connectivity index (χ1n) is 6.08. The second-order valence-corrected chi connectivity index (χ2v) is 5.09. The normalized spacial score (nSPS) is 13.2. The molecule has 0 saturated carbocycles. The van der Waals surface area contributed by atoms with Crippen molar-refractivity contribution in [3.05, 3.63) is 35.5 Å². The minimum absolute atomic E-state index is 0.134. The van der Waals surface area contributed by atoms with E-state index in [-0.39, 0.29) is 5.52 Å². The first-order chi connectivity index (χ1) is 8.66. The Morgan fingerprint density at radius 2 is 1.79 bits per heavy atom. The number of halogens is 3. The molecule has 0 saturated heterocycles. The van der Waals surface area contributed by atoms with E-state index >= 15 is 0 Å². The highest BCUT2D eigenvalue weighted by Gasteiger charge is 2.35. The molecule has 1 aromatic carbocycles. The number of hydrogen-bond acceptors (Lipinski definition) is 1. The maximum absolute atomic E-state index is 13.1. The number of aromatic nitrogens is 1. The second kappa shape index (κ2) is 4.27. The first kappa shape index (κ1) is 13.9. The third-order valence-corrected chi connectivity index (χ3v) is 3.20. The van der Waals surface area contributed by atoms with Crippen molar-refractivity contribution in [1.82, 2.24) is 4.57 Å². The average molecular weight is 271 g/mol. The molecule has 0 aliphatic heterocycles. The van der Waals surface area contributed by atoms with E-state index in [0.29, 0.717) is 17.5 Å². The van der Waals surface area contributed by atoms with E-state index in [1.54, 1.807) is 33.0 Å². The second-order valence-electron chi connectivity index (χ2n) is 5.09. The Balaban J connectivity index is 2.87. The highest BCUT2D eigenvalue weighted by atomic mass is 19.4. The van der Waals surface area contributed by atoms with Crippen molar-refractivity contribution < 1.29 is 18.3 Å². The smallest absolute Gasteiger partial charge is 0.386 e. The van der Waals surface area contributed by atoms with E-state index in [1.165, 1.54) is 10.6 Å². The number of alkyl halides is 3. The fourth-order valence-corrected chi connectivity index (χ4v) is 2.33. The number of benzene rings is 1. The largest absolute Gasteiger partial charge is 0.418 e. The molecule has 0 bridgehead atoms. The van der Waals surface area contributed by atoms with E-state index < -0.39 is 17.3 Å². The number of hydrogen-bond donors (Lipinski definition) is 1. The molecule has 0 unspecified atom stereocenters. The lowest BCUT2D eigenvalue weighted by Crippen LogP contribution is -2.14. The predicted molar refractivity (Wildman–Crippen MR) is 67.9 cm³/mol. The number of rotatable bonds is 2. The van der Waals surface area contributed by atoms with Crippen LogP contribution in [0.3, 0.4) is 0 Å². The minimum atomic E-state index is -4.40. The molecule has 0 atom stereocenters. The molecule has 2 nitrogen and oxygen atoms in total. The summed E-state index contributed by atoms with van der Waals surface area (Å²) in [6, 6.07) is 4.06. The van der Waals surface area contributed by atoms with Gasteiger partial charge in [0.05, 0.1) is 16.7 Å². The highest BCUT2D eigenvalue weighted by molar-refractivity contribution is 5.88. The molecular formula is C14H16F3NO. The Bertz CT molecular complexity index is 605. The number of nitrogens with zero attached hydrogens (tertiary/aromatic N) is 1. The molecule has 0 radical (unpaired) electrons. The van der Waals surface area contributed by atoms with E-state index in [2.05, 4.69) is 0 Å². The summed E-state index contributed by atoms with van der Waals surface area (Å²) in [4.78, 5) is 0. The maximum Gasteiger partial charge on any atom is 0.418 e. The lowest BCUT2D eigenvalue weighted by molar-refractivity contribution is -0.136. The molecule has 1 aromatic heterocycles. The van der Waals surface area contributed by atoms with E-state index in [1.807, 2.05) is 0 Å². The third kappa shape index (κ3) is 2.34. The summed E-state index contributed by atoms with van der Waals surface area (Å²) in [6.45, 7) is 5.34. The molecule has 0 fully saturated rings. The Morgan fingerprint density at radius 1 is 1.16 bits per heavy atom. The van der Waals surface area contributed by atoms with Gasteiger partial charge >= 0.3 is 6.18 Å². The summed E-state index contributed by atoms with van der Waals surface area (Å²) < 4.78 is 40.7. The zero-order valence-corrected chi connectivity index (χ0v) is 11.0. The molecule has 1 N–H and O–H groups in total. The van der Waals surface area contributed by atoms with Crippen LogP contribution in [0.5, 0.6) is 0 Å². The number of aliphatic hydroxyl groups is 1. The van der Waals surface area contributed by atoms with Gasteiger partial charge in [0.25, 0.3) is 0 Å². The molecule has 19 heavy (non-hydrogen) atoms. The quantitative estimate of drug-likeness (QED) is 0.880. The van der Waals surface area contributed by atoms with Gasteiger partial charge in [-0.15, -0.1) is 0 Å². The summed E-state index contributed by atoms with van der Waals surface area (Å²) in [6.07, 6.45) is -2.80. The van der Waals surface area contributed by atoms with Crippen molar-refractivity contribution in [2.75, 3.05) is 0 Å². The number of fused-ring (bicyclic) bond motifs is 1. The van der Waals surface area contributed by atoms with Crippen LogP contribution in [0.1, 0.15) is 31.9 Å². The monoisotopic (exact) mass is 271 g/mol. The van der Waals surface area contributed by atoms with E-state index in [4.69, 9.17) is 0 Å². The molecule has 1 heterocycles. The van der Waals surface area contributed by atoms with Gasteiger partial charge in [0.2, 0.25) is 0 Å². The number of aryl methyl sites for hydroxylation is 1. The Hall–Kier alpha value is -1.49. The third-order valence-electron chi connectivity index (χ3n) is 3.20. The SMILES string of the molecule is CCn1cc(C(C)(C)O)c2cccc(C(F)(F)F)c21. The Labute approximate surface area is 109 Å². The van der Waals surface area contributed by atoms with Crippen LogP contribution in [0, 0.1) is 0 Å². The predicted octanol–water partition coefficient (Wildman–Crippen LogP) is 3.91. The zero-order valence-electron chi connectivity index (χ0n) is 11.0. The van der Waals surface area contributed by atoms with Crippen LogP contribution in [0.4, 0.5) is 13.2 Å². The van der Waals surface area contributed by atoms with Crippen molar-refractivity contribution >= 4 is 10.9 Å². The van der Waals surface area contributed by atoms with E-state index in [9.17, 15) is 18.3 Å². The molecule has 0 aliphatic rings. The van der Waals surface area contributed by atoms with Crippen LogP contribution in [0.25, 0.3) is 10.9 Å². The van der Waals surface area contributed by atoms with Crippen molar-refractivity contribution in [3.63, 3.8) is 0 Å². The molecule has 0 aliphatic carbocycles. The van der Waals surface area contributed by atoms with Gasteiger partial charge in [-0.25, -0.2) is 0 Å². The van der Waals surface area contributed by atoms with Gasteiger partial charge in [0.15, 0.2) is 0 Å². The van der Waals surface area contributed by atoms with Gasteiger partial charge in [-0.05, 0) is 26.8 Å². The molecule has 104 valence electrons. The molecule has 2 aromatic rings. The van der Waals surface area contributed by atoms with Crippen LogP contribution in [0.15, 0.2) is 24.4 Å². The Kier molecular flexibility index (Phi) is 3.13. The van der Waals surface area contributed by atoms with Crippen molar-refractivity contribution in [3.8, 4) is 0 Å². The van der Waals surface area contributed by atoms with E-state index in [0.717, 1.165) is 6.07 Å². The minimum Gasteiger partial charge on any atom is -0.386 e. The van der Waals surface area contributed by atoms with Gasteiger partial charge in [-0.3, -0.25) is 0 Å². The summed E-state index contributed by atoms with van der Waals surface area (Å²) in [5.41, 5.74) is -1.20. The summed E-state index contributed by atoms with van der Waals surface area (Å²) in [5.74, 6) is 0. The van der Waals surface area contributed by atoms with Gasteiger partial charge in [-0.2, -0.15) is 13.2 Å². The van der Waals surface area contributed by atoms with Crippen LogP contribution >= 0.6 is 0 Å². The fourth-order valence-electron chi connectivity index (χ4n) is 2.33. The van der Waals surface area contributed by atoms with Crippen LogP contribution in [0.2, 0.25) is 0 Å². The maximum atomic E-state index is 13.1. The lowest BCUT2D eigenvalue weighted by Gasteiger charge is -2.16. The van der Waals surface area contributed by atoms with Gasteiger partial charge < -0.3 is 9.67 Å². The molecule has 2 rings (SSSR count).